The number of hydrogen-bond donors (Lipinski definition) is 0. The molecule has 2 aromatic carbocycles. The van der Waals surface area contributed by atoms with E-state index in [0.717, 1.165) is 0 Å². The molecule has 2 aromatic rings. The van der Waals surface area contributed by atoms with Gasteiger partial charge in [0.1, 0.15) is 0 Å². The van der Waals surface area contributed by atoms with Crippen molar-refractivity contribution in [3.8, 4) is 11.5 Å². The lowest BCUT2D eigenvalue weighted by Gasteiger charge is -2.17. The zero-order valence-electron chi connectivity index (χ0n) is 17.0. The van der Waals surface area contributed by atoms with Crippen LogP contribution < -0.4 is 9.47 Å². The first kappa shape index (κ1) is 21.9. The largest absolute Gasteiger partial charge is 0.490 e. The summed E-state index contributed by atoms with van der Waals surface area (Å²) in [5.41, 5.74) is 1.45. The molecule has 3 rings (SSSR count). The van der Waals surface area contributed by atoms with Crippen LogP contribution in [0.1, 0.15) is 50.7 Å². The maximum absolute atomic E-state index is 14.5. The molecule has 0 atom stereocenters. The smallest absolute Gasteiger partial charge is 0.201 e. The molecule has 0 N–H and O–H groups in total. The number of ether oxygens (including phenoxy) is 2. The average molecular weight is 420 g/mol. The molecule has 0 spiro atoms. The van der Waals surface area contributed by atoms with Crippen LogP contribution in [0.4, 0.5) is 17.6 Å². The van der Waals surface area contributed by atoms with Crippen molar-refractivity contribution in [1.82, 2.24) is 0 Å². The van der Waals surface area contributed by atoms with Gasteiger partial charge in [-0.25, -0.2) is 8.78 Å². The van der Waals surface area contributed by atoms with Crippen molar-refractivity contribution in [3.63, 3.8) is 0 Å². The van der Waals surface area contributed by atoms with Crippen LogP contribution in [0, 0.1) is 23.3 Å². The summed E-state index contributed by atoms with van der Waals surface area (Å²) in [6.07, 6.45) is 5.33. The van der Waals surface area contributed by atoms with Gasteiger partial charge in [-0.1, -0.05) is 26.0 Å². The molecule has 0 saturated carbocycles. The number of allylic oxidation sites excluding steroid dienone is 4. The van der Waals surface area contributed by atoms with E-state index in [1.807, 2.05) is 13.8 Å². The topological polar surface area (TPSA) is 18.5 Å². The van der Waals surface area contributed by atoms with Gasteiger partial charge < -0.3 is 9.47 Å². The highest BCUT2D eigenvalue weighted by Gasteiger charge is 2.21. The van der Waals surface area contributed by atoms with Gasteiger partial charge in [-0.05, 0) is 61.1 Å². The molecule has 0 unspecified atom stereocenters. The standard InChI is InChI=1S/C24H24F4O2/c1-3-13-29-19-11-9-17(21(25)23(19)27)15-5-7-16(8-6-15)18-10-12-20(30-14-4-2)24(28)22(18)26/h5,8-12H,3-4,6-7,13-14H2,1-2H3. The Kier molecular flexibility index (Phi) is 7.19. The second-order valence-electron chi connectivity index (χ2n) is 7.04. The zero-order valence-corrected chi connectivity index (χ0v) is 17.0. The average Bonchev–Trinajstić information content (AvgIpc) is 2.76. The van der Waals surface area contributed by atoms with Crippen molar-refractivity contribution in [2.75, 3.05) is 13.2 Å². The van der Waals surface area contributed by atoms with Crippen LogP contribution in [0.3, 0.4) is 0 Å². The van der Waals surface area contributed by atoms with E-state index < -0.39 is 23.3 Å². The first-order chi connectivity index (χ1) is 14.5. The maximum Gasteiger partial charge on any atom is 0.201 e. The SMILES string of the molecule is CCCOc1ccc(C2=CCC(c3ccc(OCCC)c(F)c3F)=CC2)c(F)c1F. The van der Waals surface area contributed by atoms with E-state index in [9.17, 15) is 17.6 Å². The van der Waals surface area contributed by atoms with Crippen LogP contribution in [0.15, 0.2) is 36.4 Å². The Balaban J connectivity index is 1.79. The lowest BCUT2D eigenvalue weighted by molar-refractivity contribution is 0.295. The Morgan fingerprint density at radius 3 is 1.37 bits per heavy atom. The minimum Gasteiger partial charge on any atom is -0.490 e. The third-order valence-corrected chi connectivity index (χ3v) is 4.85. The molecule has 0 aliphatic heterocycles. The zero-order chi connectivity index (χ0) is 21.7. The number of hydrogen-bond acceptors (Lipinski definition) is 2. The second-order valence-corrected chi connectivity index (χ2v) is 7.04. The molecule has 160 valence electrons. The molecular weight excluding hydrogens is 396 g/mol. The highest BCUT2D eigenvalue weighted by Crippen LogP contribution is 2.36. The molecule has 30 heavy (non-hydrogen) atoms. The highest BCUT2D eigenvalue weighted by molar-refractivity contribution is 5.78. The second kappa shape index (κ2) is 9.83. The quantitative estimate of drug-likeness (QED) is 0.425. The predicted octanol–water partition coefficient (Wildman–Crippen LogP) is 7.08. The number of benzene rings is 2. The summed E-state index contributed by atoms with van der Waals surface area (Å²) < 4.78 is 68.0. The normalized spacial score (nSPS) is 13.7. The Bertz CT molecular complexity index is 900. The van der Waals surface area contributed by atoms with Gasteiger partial charge in [-0.2, -0.15) is 8.78 Å². The van der Waals surface area contributed by atoms with E-state index in [4.69, 9.17) is 9.47 Å². The summed E-state index contributed by atoms with van der Waals surface area (Å²) in [5.74, 6) is -4.22. The number of rotatable bonds is 8. The van der Waals surface area contributed by atoms with Gasteiger partial charge in [0.2, 0.25) is 11.6 Å². The van der Waals surface area contributed by atoms with Crippen LogP contribution in [-0.2, 0) is 0 Å². The predicted molar refractivity (Wildman–Crippen MR) is 109 cm³/mol. The molecule has 0 bridgehead atoms. The van der Waals surface area contributed by atoms with Crippen LogP contribution in [0.25, 0.3) is 11.1 Å². The van der Waals surface area contributed by atoms with Crippen LogP contribution in [-0.4, -0.2) is 13.2 Å². The molecule has 0 aromatic heterocycles. The molecule has 1 aliphatic rings. The van der Waals surface area contributed by atoms with E-state index in [-0.39, 0.29) is 35.5 Å². The molecule has 6 heteroatoms. The fraction of sp³-hybridized carbons (Fsp3) is 0.333. The van der Waals surface area contributed by atoms with Gasteiger partial charge in [0.15, 0.2) is 23.1 Å². The van der Waals surface area contributed by atoms with E-state index in [1.165, 1.54) is 24.3 Å². The Hall–Kier alpha value is -2.76. The fourth-order valence-corrected chi connectivity index (χ4v) is 3.28. The van der Waals surface area contributed by atoms with Crippen LogP contribution in [0.2, 0.25) is 0 Å². The summed E-state index contributed by atoms with van der Waals surface area (Å²) in [5, 5.41) is 0. The van der Waals surface area contributed by atoms with Gasteiger partial charge in [0, 0.05) is 11.1 Å². The van der Waals surface area contributed by atoms with Gasteiger partial charge in [0.25, 0.3) is 0 Å². The molecule has 0 saturated heterocycles. The molecule has 0 amide bonds. The Labute approximate surface area is 173 Å². The van der Waals surface area contributed by atoms with Crippen molar-refractivity contribution in [3.05, 3.63) is 70.8 Å². The summed E-state index contributed by atoms with van der Waals surface area (Å²) in [7, 11) is 0. The van der Waals surface area contributed by atoms with Crippen LogP contribution in [0.5, 0.6) is 11.5 Å². The Morgan fingerprint density at radius 2 is 1.03 bits per heavy atom. The lowest BCUT2D eigenvalue weighted by Crippen LogP contribution is -2.04. The van der Waals surface area contributed by atoms with E-state index in [2.05, 4.69) is 0 Å². The van der Waals surface area contributed by atoms with Crippen molar-refractivity contribution in [1.29, 1.82) is 0 Å². The van der Waals surface area contributed by atoms with Gasteiger partial charge in [-0.3, -0.25) is 0 Å². The van der Waals surface area contributed by atoms with Crippen molar-refractivity contribution in [2.24, 2.45) is 0 Å². The van der Waals surface area contributed by atoms with Crippen molar-refractivity contribution in [2.45, 2.75) is 39.5 Å². The molecule has 1 aliphatic carbocycles. The van der Waals surface area contributed by atoms with E-state index >= 15 is 0 Å². The van der Waals surface area contributed by atoms with Crippen molar-refractivity contribution >= 4 is 11.1 Å². The fourth-order valence-electron chi connectivity index (χ4n) is 3.28. The van der Waals surface area contributed by atoms with E-state index in [0.29, 0.717) is 37.2 Å². The summed E-state index contributed by atoms with van der Waals surface area (Å²) in [6.45, 7) is 4.35. The van der Waals surface area contributed by atoms with Gasteiger partial charge in [-0.15, -0.1) is 0 Å². The summed E-state index contributed by atoms with van der Waals surface area (Å²) >= 11 is 0. The minimum atomic E-state index is -1.02. The monoisotopic (exact) mass is 420 g/mol. The highest BCUT2D eigenvalue weighted by atomic mass is 19.2. The third kappa shape index (κ3) is 4.53. The number of halogens is 4. The molecule has 0 radical (unpaired) electrons. The molecular formula is C24H24F4O2. The first-order valence-electron chi connectivity index (χ1n) is 10.1. The lowest BCUT2D eigenvalue weighted by atomic mass is 9.90. The molecule has 2 nitrogen and oxygen atoms in total. The molecule has 0 fully saturated rings. The van der Waals surface area contributed by atoms with Crippen LogP contribution >= 0.6 is 0 Å². The Morgan fingerprint density at radius 1 is 0.633 bits per heavy atom. The molecule has 0 heterocycles. The van der Waals surface area contributed by atoms with Crippen molar-refractivity contribution < 1.29 is 27.0 Å². The summed E-state index contributed by atoms with van der Waals surface area (Å²) in [4.78, 5) is 0. The van der Waals surface area contributed by atoms with E-state index in [1.54, 1.807) is 12.2 Å². The minimum absolute atomic E-state index is 0.117. The first-order valence-corrected chi connectivity index (χ1v) is 10.1. The summed E-state index contributed by atoms with van der Waals surface area (Å²) in [6, 6.07) is 5.78. The maximum atomic E-state index is 14.5. The third-order valence-electron chi connectivity index (χ3n) is 4.85. The van der Waals surface area contributed by atoms with Gasteiger partial charge in [0.05, 0.1) is 13.2 Å². The van der Waals surface area contributed by atoms with Gasteiger partial charge >= 0.3 is 0 Å².